The highest BCUT2D eigenvalue weighted by molar-refractivity contribution is 7.12. The predicted octanol–water partition coefficient (Wildman–Crippen LogP) is 7.29. The van der Waals surface area contributed by atoms with Crippen LogP contribution in [0, 0.1) is 0 Å². The number of phenols is 1. The van der Waals surface area contributed by atoms with Crippen molar-refractivity contribution in [2.45, 2.75) is 81.6 Å². The van der Waals surface area contributed by atoms with E-state index in [1.807, 2.05) is 35.0 Å². The maximum atomic E-state index is 13.3. The number of rotatable bonds is 16. The lowest BCUT2D eigenvalue weighted by atomic mass is 9.91. The quantitative estimate of drug-likeness (QED) is 0.0615. The van der Waals surface area contributed by atoms with Gasteiger partial charge in [0.1, 0.15) is 17.6 Å². The average Bonchev–Trinajstić information content (AvgIpc) is 3.89. The highest BCUT2D eigenvalue weighted by atomic mass is 32.1. The first kappa shape index (κ1) is 36.8. The fourth-order valence-electron chi connectivity index (χ4n) is 6.94. The SMILES string of the molecule is CN(CCCOc1ccc(CCCC[C@H](O)c2ccc(O)c3[nH]c(=O)ccc23)cc1)C1CCC(OC(=O)C(O)(c2cccs2)c2cccs2)CC1. The summed E-state index contributed by atoms with van der Waals surface area (Å²) in [6.07, 6.45) is 6.66. The standard InChI is InChI=1S/C40H46N2O7S2/c1-42(28-13-17-30(18-14-28)49-39(46)40(47,35-9-4-25-50-35)36-10-5-26-51-36)23-6-24-48-29-15-11-27(12-16-29)7-2-3-8-33(43)31-19-21-34(44)38-32(31)20-22-37(45)41-38/h4-5,9-12,15-16,19-22,25-26,28,30,33,43-44,47H,2-3,6-8,13-14,17-18,23-24H2,1H3,(H,41,45)/t28?,30?,33-/m0/s1. The number of carbonyl (C=O) groups is 1. The molecule has 0 amide bonds. The summed E-state index contributed by atoms with van der Waals surface area (Å²) in [5.41, 5.74) is 0.209. The average molecular weight is 731 g/mol. The number of hydrogen-bond donors (Lipinski definition) is 4. The Balaban J connectivity index is 0.867. The van der Waals surface area contributed by atoms with Gasteiger partial charge in [0, 0.05) is 24.0 Å². The van der Waals surface area contributed by atoms with Crippen LogP contribution in [0.3, 0.4) is 0 Å². The van der Waals surface area contributed by atoms with Crippen LogP contribution in [-0.4, -0.2) is 63.5 Å². The number of carbonyl (C=O) groups excluding carboxylic acids is 1. The van der Waals surface area contributed by atoms with E-state index in [2.05, 4.69) is 29.1 Å². The smallest absolute Gasteiger partial charge is 0.349 e. The number of H-pyrrole nitrogens is 1. The van der Waals surface area contributed by atoms with Gasteiger partial charge in [-0.05, 0) is 117 Å². The van der Waals surface area contributed by atoms with E-state index in [0.29, 0.717) is 45.3 Å². The fraction of sp³-hybridized carbons (Fsp3) is 0.400. The molecule has 270 valence electrons. The molecule has 51 heavy (non-hydrogen) atoms. The van der Waals surface area contributed by atoms with Crippen LogP contribution in [0.2, 0.25) is 0 Å². The molecule has 2 aromatic carbocycles. The first-order chi connectivity index (χ1) is 24.7. The second-order valence-corrected chi connectivity index (χ2v) is 15.3. The van der Waals surface area contributed by atoms with Crippen LogP contribution in [0.25, 0.3) is 10.9 Å². The van der Waals surface area contributed by atoms with Crippen molar-refractivity contribution in [2.75, 3.05) is 20.2 Å². The number of hydrogen-bond acceptors (Lipinski definition) is 10. The Labute approximate surface area is 306 Å². The number of pyridine rings is 1. The predicted molar refractivity (Wildman–Crippen MR) is 202 cm³/mol. The largest absolute Gasteiger partial charge is 0.506 e. The van der Waals surface area contributed by atoms with E-state index in [0.717, 1.165) is 63.7 Å². The number of nitrogens with one attached hydrogen (secondary N) is 1. The van der Waals surface area contributed by atoms with Crippen LogP contribution in [0.5, 0.6) is 11.5 Å². The third-order valence-corrected chi connectivity index (χ3v) is 11.9. The molecule has 0 spiro atoms. The molecule has 5 aromatic rings. The molecular weight excluding hydrogens is 685 g/mol. The maximum Gasteiger partial charge on any atom is 0.349 e. The van der Waals surface area contributed by atoms with Gasteiger partial charge in [-0.25, -0.2) is 4.79 Å². The number of thiophene rings is 2. The molecule has 0 unspecified atom stereocenters. The fourth-order valence-corrected chi connectivity index (χ4v) is 8.66. The van der Waals surface area contributed by atoms with E-state index >= 15 is 0 Å². The van der Waals surface area contributed by atoms with Crippen LogP contribution in [0.15, 0.2) is 88.4 Å². The monoisotopic (exact) mass is 730 g/mol. The molecule has 0 bridgehead atoms. The molecule has 11 heteroatoms. The molecule has 3 aromatic heterocycles. The zero-order valence-electron chi connectivity index (χ0n) is 28.8. The number of fused-ring (bicyclic) bond motifs is 1. The molecule has 9 nitrogen and oxygen atoms in total. The highest BCUT2D eigenvalue weighted by Gasteiger charge is 2.45. The lowest BCUT2D eigenvalue weighted by Crippen LogP contribution is -2.42. The molecular formula is C40H46N2O7S2. The molecule has 3 heterocycles. The molecule has 1 aliphatic rings. The number of benzene rings is 2. The number of esters is 1. The number of nitrogens with zero attached hydrogens (tertiary/aromatic N) is 1. The number of aliphatic hydroxyl groups excluding tert-OH is 1. The molecule has 1 atom stereocenters. The highest BCUT2D eigenvalue weighted by Crippen LogP contribution is 2.38. The van der Waals surface area contributed by atoms with Crippen molar-refractivity contribution >= 4 is 39.5 Å². The van der Waals surface area contributed by atoms with Crippen molar-refractivity contribution in [3.63, 3.8) is 0 Å². The molecule has 0 aliphatic heterocycles. The van der Waals surface area contributed by atoms with Gasteiger partial charge in [-0.15, -0.1) is 22.7 Å². The van der Waals surface area contributed by atoms with Crippen LogP contribution >= 0.6 is 22.7 Å². The number of aromatic hydroxyl groups is 1. The van der Waals surface area contributed by atoms with E-state index in [4.69, 9.17) is 9.47 Å². The maximum absolute atomic E-state index is 13.3. The summed E-state index contributed by atoms with van der Waals surface area (Å²) in [4.78, 5) is 31.2. The summed E-state index contributed by atoms with van der Waals surface area (Å²) >= 11 is 2.71. The number of unbranched alkanes of at least 4 members (excludes halogenated alkanes) is 1. The van der Waals surface area contributed by atoms with Gasteiger partial charge in [0.05, 0.1) is 28.0 Å². The number of aryl methyl sites for hydroxylation is 1. The summed E-state index contributed by atoms with van der Waals surface area (Å²) < 4.78 is 12.0. The van der Waals surface area contributed by atoms with Crippen molar-refractivity contribution in [2.24, 2.45) is 0 Å². The van der Waals surface area contributed by atoms with Gasteiger partial charge in [0.2, 0.25) is 11.2 Å². The van der Waals surface area contributed by atoms with E-state index in [9.17, 15) is 24.9 Å². The normalized spacial score (nSPS) is 17.1. The Bertz CT molecular complexity index is 1870. The Kier molecular flexibility index (Phi) is 12.3. The first-order valence-electron chi connectivity index (χ1n) is 17.7. The number of ether oxygens (including phenoxy) is 2. The number of aliphatic hydroxyl groups is 2. The number of aromatic amines is 1. The first-order valence-corrected chi connectivity index (χ1v) is 19.4. The van der Waals surface area contributed by atoms with Crippen molar-refractivity contribution in [1.29, 1.82) is 0 Å². The topological polar surface area (TPSA) is 132 Å². The summed E-state index contributed by atoms with van der Waals surface area (Å²) in [7, 11) is 2.14. The van der Waals surface area contributed by atoms with Gasteiger partial charge in [-0.1, -0.05) is 36.8 Å². The Morgan fingerprint density at radius 3 is 2.31 bits per heavy atom. The molecule has 4 N–H and O–H groups in total. The summed E-state index contributed by atoms with van der Waals surface area (Å²) in [5, 5.41) is 36.8. The Morgan fingerprint density at radius 2 is 1.65 bits per heavy atom. The van der Waals surface area contributed by atoms with Gasteiger partial charge in [-0.3, -0.25) is 4.79 Å². The van der Waals surface area contributed by atoms with Gasteiger partial charge >= 0.3 is 5.97 Å². The molecule has 1 aliphatic carbocycles. The van der Waals surface area contributed by atoms with Crippen molar-refractivity contribution in [3.8, 4) is 11.5 Å². The Hall–Kier alpha value is -4.00. The van der Waals surface area contributed by atoms with Gasteiger partial charge < -0.3 is 34.7 Å². The van der Waals surface area contributed by atoms with E-state index in [-0.39, 0.29) is 17.4 Å². The third-order valence-electron chi connectivity index (χ3n) is 9.90. The summed E-state index contributed by atoms with van der Waals surface area (Å²) in [6, 6.07) is 22.1. The lowest BCUT2D eigenvalue weighted by Gasteiger charge is -2.35. The Morgan fingerprint density at radius 1 is 0.941 bits per heavy atom. The minimum Gasteiger partial charge on any atom is -0.506 e. The van der Waals surface area contributed by atoms with Gasteiger partial charge in [-0.2, -0.15) is 0 Å². The number of aromatic nitrogens is 1. The molecule has 0 radical (unpaired) electrons. The molecule has 0 saturated heterocycles. The number of phenolic OH excluding ortho intramolecular Hbond substituents is 1. The van der Waals surface area contributed by atoms with Crippen molar-refractivity contribution in [3.05, 3.63) is 115 Å². The third kappa shape index (κ3) is 8.91. The zero-order valence-corrected chi connectivity index (χ0v) is 30.5. The van der Waals surface area contributed by atoms with Gasteiger partial charge in [0.15, 0.2) is 0 Å². The second kappa shape index (κ2) is 17.0. The molecule has 1 fully saturated rings. The van der Waals surface area contributed by atoms with Crippen LogP contribution in [0.1, 0.15) is 78.4 Å². The van der Waals surface area contributed by atoms with Gasteiger partial charge in [0.25, 0.3) is 0 Å². The van der Waals surface area contributed by atoms with Crippen LogP contribution in [0.4, 0.5) is 0 Å². The van der Waals surface area contributed by atoms with E-state index in [1.54, 1.807) is 24.3 Å². The minimum atomic E-state index is -1.76. The van der Waals surface area contributed by atoms with Crippen LogP contribution in [-0.2, 0) is 21.6 Å². The second-order valence-electron chi connectivity index (χ2n) is 13.4. The zero-order chi connectivity index (χ0) is 35.8. The minimum absolute atomic E-state index is 0.00856. The molecule has 6 rings (SSSR count). The van der Waals surface area contributed by atoms with E-state index < -0.39 is 17.7 Å². The van der Waals surface area contributed by atoms with Crippen LogP contribution < -0.4 is 10.3 Å². The van der Waals surface area contributed by atoms with Crippen molar-refractivity contribution in [1.82, 2.24) is 9.88 Å². The van der Waals surface area contributed by atoms with E-state index in [1.165, 1.54) is 40.4 Å². The van der Waals surface area contributed by atoms with Crippen molar-refractivity contribution < 1.29 is 29.6 Å². The lowest BCUT2D eigenvalue weighted by molar-refractivity contribution is -0.169. The summed E-state index contributed by atoms with van der Waals surface area (Å²) in [6.45, 7) is 1.53. The molecule has 1 saturated carbocycles. The summed E-state index contributed by atoms with van der Waals surface area (Å²) in [5.74, 6) is 0.249.